The van der Waals surface area contributed by atoms with Gasteiger partial charge in [0.1, 0.15) is 0 Å². The number of hydrazone groups is 1. The number of anilines is 1. The van der Waals surface area contributed by atoms with Crippen LogP contribution >= 0.6 is 11.3 Å². The summed E-state index contributed by atoms with van der Waals surface area (Å²) in [6, 6.07) is 27.0. The third-order valence-corrected chi connectivity index (χ3v) is 9.02. The maximum absolute atomic E-state index is 14.3. The van der Waals surface area contributed by atoms with Crippen LogP contribution in [-0.2, 0) is 15.0 Å². The molecule has 2 heterocycles. The van der Waals surface area contributed by atoms with E-state index in [4.69, 9.17) is 0 Å². The fourth-order valence-corrected chi connectivity index (χ4v) is 7.27. The van der Waals surface area contributed by atoms with Gasteiger partial charge in [0.25, 0.3) is 5.91 Å². The van der Waals surface area contributed by atoms with E-state index >= 15 is 0 Å². The Morgan fingerprint density at radius 2 is 1.55 bits per heavy atom. The molecule has 38 heavy (non-hydrogen) atoms. The summed E-state index contributed by atoms with van der Waals surface area (Å²) in [5.74, 6) is -2.26. The summed E-state index contributed by atoms with van der Waals surface area (Å²) in [6.45, 7) is 1.97. The number of amides is 3. The molecule has 3 aromatic carbocycles. The molecule has 2 atom stereocenters. The highest BCUT2D eigenvalue weighted by atomic mass is 32.1. The Balaban J connectivity index is 1.43. The molecule has 0 spiro atoms. The first-order valence-corrected chi connectivity index (χ1v) is 13.4. The van der Waals surface area contributed by atoms with Gasteiger partial charge in [-0.2, -0.15) is 5.10 Å². The minimum Gasteiger partial charge on any atom is -0.274 e. The van der Waals surface area contributed by atoms with Crippen molar-refractivity contribution in [2.45, 2.75) is 18.3 Å². The maximum Gasteiger partial charge on any atom is 0.281 e. The van der Waals surface area contributed by atoms with Crippen LogP contribution in [0.3, 0.4) is 0 Å². The SMILES string of the molecule is Cc1ccc(N2C(=O)[C@@H]3C4c5ccccc5C(/C=N\NC(=O)c5cccs5)(c5ccccc54)[C@@H]3C2=O)cc1. The number of nitrogens with one attached hydrogen (secondary N) is 1. The predicted octanol–water partition coefficient (Wildman–Crippen LogP) is 5.02. The normalized spacial score (nSPS) is 24.9. The maximum atomic E-state index is 14.3. The number of rotatable bonds is 4. The number of hydrogen-bond donors (Lipinski definition) is 1. The van der Waals surface area contributed by atoms with Gasteiger partial charge in [-0.05, 0) is 52.8 Å². The van der Waals surface area contributed by atoms with Crippen LogP contribution in [0.15, 0.2) is 95.4 Å². The number of nitrogens with zero attached hydrogens (tertiary/aromatic N) is 2. The van der Waals surface area contributed by atoms with Crippen LogP contribution in [0.2, 0.25) is 0 Å². The van der Waals surface area contributed by atoms with Crippen molar-refractivity contribution in [2.75, 3.05) is 4.90 Å². The molecule has 6 nitrogen and oxygen atoms in total. The Labute approximate surface area is 223 Å². The van der Waals surface area contributed by atoms with Crippen molar-refractivity contribution in [2.24, 2.45) is 16.9 Å². The summed E-state index contributed by atoms with van der Waals surface area (Å²) in [6.07, 6.45) is 1.69. The summed E-state index contributed by atoms with van der Waals surface area (Å²) in [5.41, 5.74) is 7.22. The number of carbonyl (C=O) groups is 3. The lowest BCUT2D eigenvalue weighted by Gasteiger charge is -2.52. The second kappa shape index (κ2) is 8.33. The molecule has 1 saturated heterocycles. The second-order valence-corrected chi connectivity index (χ2v) is 11.0. The van der Waals surface area contributed by atoms with Gasteiger partial charge >= 0.3 is 0 Å². The number of imide groups is 1. The summed E-state index contributed by atoms with van der Waals surface area (Å²) < 4.78 is 0. The van der Waals surface area contributed by atoms with Gasteiger partial charge in [-0.1, -0.05) is 72.3 Å². The molecule has 0 radical (unpaired) electrons. The van der Waals surface area contributed by atoms with Crippen LogP contribution in [0, 0.1) is 18.8 Å². The highest BCUT2D eigenvalue weighted by molar-refractivity contribution is 7.12. The summed E-state index contributed by atoms with van der Waals surface area (Å²) in [4.78, 5) is 43.0. The van der Waals surface area contributed by atoms with E-state index in [1.165, 1.54) is 16.2 Å². The Kier molecular flexibility index (Phi) is 5.00. The molecule has 4 aliphatic rings. The van der Waals surface area contributed by atoms with Gasteiger partial charge < -0.3 is 0 Å². The average Bonchev–Trinajstić information content (AvgIpc) is 3.57. The molecule has 0 saturated carbocycles. The molecule has 7 heteroatoms. The van der Waals surface area contributed by atoms with Crippen LogP contribution in [0.25, 0.3) is 0 Å². The van der Waals surface area contributed by atoms with Gasteiger partial charge in [-0.25, -0.2) is 10.3 Å². The predicted molar refractivity (Wildman–Crippen MR) is 146 cm³/mol. The van der Waals surface area contributed by atoms with Crippen LogP contribution in [0.1, 0.15) is 43.4 Å². The van der Waals surface area contributed by atoms with Crippen molar-refractivity contribution < 1.29 is 14.4 Å². The molecule has 8 rings (SSSR count). The van der Waals surface area contributed by atoms with Crippen LogP contribution in [0.5, 0.6) is 0 Å². The van der Waals surface area contributed by atoms with E-state index in [2.05, 4.69) is 10.5 Å². The molecule has 1 N–H and O–H groups in total. The third-order valence-electron chi connectivity index (χ3n) is 8.16. The van der Waals surface area contributed by atoms with E-state index in [0.717, 1.165) is 27.8 Å². The second-order valence-electron chi connectivity index (χ2n) is 10.0. The fraction of sp³-hybridized carbons (Fsp3) is 0.161. The fourth-order valence-electron chi connectivity index (χ4n) is 6.65. The Hall–Kier alpha value is -4.36. The first-order chi connectivity index (χ1) is 18.5. The molecule has 3 amide bonds. The van der Waals surface area contributed by atoms with Crippen LogP contribution < -0.4 is 10.3 Å². The molecular formula is C31H23N3O3S. The smallest absolute Gasteiger partial charge is 0.274 e. The number of carbonyl (C=O) groups excluding carboxylic acids is 3. The Morgan fingerprint density at radius 1 is 0.895 bits per heavy atom. The molecule has 3 aliphatic carbocycles. The van der Waals surface area contributed by atoms with E-state index in [0.29, 0.717) is 10.6 Å². The molecule has 2 bridgehead atoms. The van der Waals surface area contributed by atoms with Crippen molar-refractivity contribution >= 4 is 41.0 Å². The standard InChI is InChI=1S/C31H23N3O3S/c1-18-12-14-19(15-13-18)34-29(36)26-25-20-7-2-4-9-22(20)31(27(26)30(34)37,23-10-5-3-8-21(23)25)17-32-33-28(35)24-11-6-16-38-24/h2-17,25-27H,1H3,(H,33,35)/b32-17-/t25?,26-,27+,31?/m1/s1. The number of hydrogen-bond acceptors (Lipinski definition) is 5. The minimum absolute atomic E-state index is 0.196. The summed E-state index contributed by atoms with van der Waals surface area (Å²) >= 11 is 1.33. The van der Waals surface area contributed by atoms with Gasteiger partial charge in [0, 0.05) is 12.1 Å². The highest BCUT2D eigenvalue weighted by Crippen LogP contribution is 2.63. The zero-order chi connectivity index (χ0) is 26.0. The van der Waals surface area contributed by atoms with E-state index in [9.17, 15) is 14.4 Å². The molecule has 4 aromatic rings. The average molecular weight is 518 g/mol. The third kappa shape index (κ3) is 2.99. The topological polar surface area (TPSA) is 78.8 Å². The van der Waals surface area contributed by atoms with Crippen molar-refractivity contribution in [3.8, 4) is 0 Å². The Morgan fingerprint density at radius 3 is 2.18 bits per heavy atom. The van der Waals surface area contributed by atoms with Gasteiger partial charge in [0.2, 0.25) is 11.8 Å². The molecule has 1 aliphatic heterocycles. The lowest BCUT2D eigenvalue weighted by atomic mass is 9.47. The van der Waals surface area contributed by atoms with Crippen LogP contribution in [0.4, 0.5) is 5.69 Å². The number of aryl methyl sites for hydroxylation is 1. The van der Waals surface area contributed by atoms with E-state index in [-0.39, 0.29) is 23.6 Å². The molecule has 186 valence electrons. The first kappa shape index (κ1) is 22.8. The Bertz CT molecular complexity index is 1590. The monoisotopic (exact) mass is 517 g/mol. The molecule has 1 fully saturated rings. The molecule has 0 unspecified atom stereocenters. The lowest BCUT2D eigenvalue weighted by Crippen LogP contribution is -2.54. The summed E-state index contributed by atoms with van der Waals surface area (Å²) in [7, 11) is 0. The highest BCUT2D eigenvalue weighted by Gasteiger charge is 2.68. The van der Waals surface area contributed by atoms with Gasteiger partial charge in [0.05, 0.1) is 27.8 Å². The van der Waals surface area contributed by atoms with Gasteiger partial charge in [-0.15, -0.1) is 11.3 Å². The van der Waals surface area contributed by atoms with Crippen molar-refractivity contribution in [1.82, 2.24) is 5.43 Å². The van der Waals surface area contributed by atoms with Gasteiger partial charge in [0.15, 0.2) is 0 Å². The van der Waals surface area contributed by atoms with Crippen LogP contribution in [-0.4, -0.2) is 23.9 Å². The van der Waals surface area contributed by atoms with Crippen molar-refractivity contribution in [1.29, 1.82) is 0 Å². The summed E-state index contributed by atoms with van der Waals surface area (Å²) in [5, 5.41) is 6.28. The van der Waals surface area contributed by atoms with Crippen molar-refractivity contribution in [3.63, 3.8) is 0 Å². The number of thiophene rings is 1. The van der Waals surface area contributed by atoms with E-state index in [1.807, 2.05) is 91.2 Å². The molecular weight excluding hydrogens is 494 g/mol. The number of benzene rings is 3. The largest absolute Gasteiger partial charge is 0.281 e. The van der Waals surface area contributed by atoms with E-state index < -0.39 is 17.3 Å². The van der Waals surface area contributed by atoms with E-state index in [1.54, 1.807) is 12.3 Å². The molecule has 1 aromatic heterocycles. The first-order valence-electron chi connectivity index (χ1n) is 12.5. The minimum atomic E-state index is -1.01. The zero-order valence-corrected chi connectivity index (χ0v) is 21.3. The zero-order valence-electron chi connectivity index (χ0n) is 20.5. The lowest BCUT2D eigenvalue weighted by molar-refractivity contribution is -0.122. The van der Waals surface area contributed by atoms with Crippen molar-refractivity contribution in [3.05, 3.63) is 123 Å². The van der Waals surface area contributed by atoms with Gasteiger partial charge in [-0.3, -0.25) is 14.4 Å². The quantitative estimate of drug-likeness (QED) is 0.235.